The predicted octanol–water partition coefficient (Wildman–Crippen LogP) is -1.56. The Balaban J connectivity index is 2.67. The largest absolute Gasteiger partial charge is 0.379 e. The first-order valence-electron chi connectivity index (χ1n) is 4.94. The van der Waals surface area contributed by atoms with Crippen LogP contribution < -0.4 is 11.5 Å². The lowest BCUT2D eigenvalue weighted by atomic mass is 9.98. The van der Waals surface area contributed by atoms with E-state index < -0.39 is 11.4 Å². The maximum atomic E-state index is 11.9. The van der Waals surface area contributed by atoms with Crippen molar-refractivity contribution in [3.05, 3.63) is 0 Å². The molecule has 1 saturated heterocycles. The highest BCUT2D eigenvalue weighted by Gasteiger charge is 2.40. The fourth-order valence-electron chi connectivity index (χ4n) is 1.58. The molecule has 1 heterocycles. The lowest BCUT2D eigenvalue weighted by Gasteiger charge is -2.28. The Morgan fingerprint density at radius 1 is 1.53 bits per heavy atom. The lowest BCUT2D eigenvalue weighted by Crippen LogP contribution is -2.57. The predicted molar refractivity (Wildman–Crippen MR) is 53.8 cm³/mol. The topological polar surface area (TPSA) is 98.7 Å². The molecule has 0 aromatic carbocycles. The molecule has 1 rings (SSSR count). The molecule has 86 valence electrons. The molecular weight excluding hydrogens is 198 g/mol. The number of carbonyl (C=O) groups is 2. The van der Waals surface area contributed by atoms with Gasteiger partial charge < -0.3 is 21.1 Å². The molecule has 0 bridgehead atoms. The van der Waals surface area contributed by atoms with Crippen LogP contribution in [0.25, 0.3) is 0 Å². The van der Waals surface area contributed by atoms with E-state index in [9.17, 15) is 9.59 Å². The van der Waals surface area contributed by atoms with Gasteiger partial charge in [0.1, 0.15) is 5.54 Å². The van der Waals surface area contributed by atoms with Gasteiger partial charge in [0.15, 0.2) is 0 Å². The van der Waals surface area contributed by atoms with Gasteiger partial charge in [-0.1, -0.05) is 0 Å². The van der Waals surface area contributed by atoms with Crippen molar-refractivity contribution in [3.63, 3.8) is 0 Å². The summed E-state index contributed by atoms with van der Waals surface area (Å²) in [5, 5.41) is 0. The van der Waals surface area contributed by atoms with Gasteiger partial charge in [-0.05, 0) is 13.3 Å². The van der Waals surface area contributed by atoms with E-state index in [-0.39, 0.29) is 19.1 Å². The molecule has 1 atom stereocenters. The van der Waals surface area contributed by atoms with Gasteiger partial charge in [-0.3, -0.25) is 9.59 Å². The number of nitrogens with two attached hydrogens (primary N) is 2. The van der Waals surface area contributed by atoms with E-state index in [2.05, 4.69) is 0 Å². The van der Waals surface area contributed by atoms with Gasteiger partial charge in [-0.15, -0.1) is 0 Å². The molecule has 1 unspecified atom stereocenters. The average Bonchev–Trinajstić information content (AvgIpc) is 2.61. The second-order valence-electron chi connectivity index (χ2n) is 3.74. The molecule has 0 aromatic heterocycles. The minimum Gasteiger partial charge on any atom is -0.379 e. The minimum atomic E-state index is -0.981. The number of nitrogens with zero attached hydrogens (tertiary/aromatic N) is 1. The van der Waals surface area contributed by atoms with Gasteiger partial charge in [-0.25, -0.2) is 0 Å². The van der Waals surface area contributed by atoms with Crippen LogP contribution in [0.5, 0.6) is 0 Å². The molecule has 0 spiro atoms. The van der Waals surface area contributed by atoms with E-state index in [1.54, 1.807) is 6.92 Å². The normalized spacial score (nSPS) is 25.2. The summed E-state index contributed by atoms with van der Waals surface area (Å²) in [5.74, 6) is -0.797. The molecule has 0 saturated carbocycles. The molecule has 6 heteroatoms. The van der Waals surface area contributed by atoms with E-state index in [0.717, 1.165) is 0 Å². The first-order valence-corrected chi connectivity index (χ1v) is 4.94. The summed E-state index contributed by atoms with van der Waals surface area (Å²) in [4.78, 5) is 24.1. The highest BCUT2D eigenvalue weighted by Crippen LogP contribution is 2.18. The summed E-state index contributed by atoms with van der Waals surface area (Å²) in [7, 11) is 0. The molecule has 0 radical (unpaired) electrons. The van der Waals surface area contributed by atoms with Crippen molar-refractivity contribution in [1.29, 1.82) is 0 Å². The summed E-state index contributed by atoms with van der Waals surface area (Å²) >= 11 is 0. The highest BCUT2D eigenvalue weighted by atomic mass is 16.5. The van der Waals surface area contributed by atoms with Crippen LogP contribution in [0.1, 0.15) is 13.3 Å². The van der Waals surface area contributed by atoms with Gasteiger partial charge in [0.25, 0.3) is 0 Å². The van der Waals surface area contributed by atoms with E-state index in [0.29, 0.717) is 19.6 Å². The summed E-state index contributed by atoms with van der Waals surface area (Å²) in [5.41, 5.74) is 9.95. The smallest absolute Gasteiger partial charge is 0.245 e. The number of amides is 2. The van der Waals surface area contributed by atoms with Gasteiger partial charge in [0.2, 0.25) is 11.8 Å². The Bertz CT molecular complexity index is 261. The maximum absolute atomic E-state index is 11.9. The van der Waals surface area contributed by atoms with Gasteiger partial charge in [0, 0.05) is 13.2 Å². The Labute approximate surface area is 88.5 Å². The van der Waals surface area contributed by atoms with Crippen molar-refractivity contribution >= 4 is 11.8 Å². The zero-order valence-electron chi connectivity index (χ0n) is 8.86. The molecule has 2 amide bonds. The van der Waals surface area contributed by atoms with Crippen LogP contribution in [0.3, 0.4) is 0 Å². The highest BCUT2D eigenvalue weighted by molar-refractivity contribution is 5.90. The third-order valence-corrected chi connectivity index (χ3v) is 2.49. The molecular formula is C9H17N3O3. The van der Waals surface area contributed by atoms with Crippen molar-refractivity contribution in [3.8, 4) is 0 Å². The third kappa shape index (κ3) is 2.66. The van der Waals surface area contributed by atoms with Crippen LogP contribution in [-0.2, 0) is 14.3 Å². The molecule has 6 nitrogen and oxygen atoms in total. The number of hydrogen-bond donors (Lipinski definition) is 2. The van der Waals surface area contributed by atoms with Crippen LogP contribution in [0, 0.1) is 0 Å². The Morgan fingerprint density at radius 2 is 2.20 bits per heavy atom. The summed E-state index contributed by atoms with van der Waals surface area (Å²) in [6.07, 6.45) is 0.487. The first kappa shape index (κ1) is 11.9. The quantitative estimate of drug-likeness (QED) is 0.592. The number of ether oxygens (including phenoxy) is 1. The second-order valence-corrected chi connectivity index (χ2v) is 3.74. The zero-order chi connectivity index (χ0) is 11.5. The Morgan fingerprint density at radius 3 is 2.60 bits per heavy atom. The molecule has 4 N–H and O–H groups in total. The van der Waals surface area contributed by atoms with Crippen LogP contribution in [0.15, 0.2) is 0 Å². The van der Waals surface area contributed by atoms with Crippen molar-refractivity contribution in [1.82, 2.24) is 4.90 Å². The van der Waals surface area contributed by atoms with Crippen molar-refractivity contribution in [2.75, 3.05) is 26.3 Å². The molecule has 0 aliphatic carbocycles. The summed E-state index contributed by atoms with van der Waals surface area (Å²) < 4.78 is 5.09. The van der Waals surface area contributed by atoms with E-state index in [4.69, 9.17) is 16.2 Å². The molecule has 0 aromatic rings. The SMILES string of the molecule is CCN(CC(N)=O)C(=O)C1(N)CCOC1. The van der Waals surface area contributed by atoms with Gasteiger partial charge in [0.05, 0.1) is 13.2 Å². The van der Waals surface area contributed by atoms with E-state index in [1.165, 1.54) is 4.90 Å². The van der Waals surface area contributed by atoms with Crippen LogP contribution in [0.2, 0.25) is 0 Å². The lowest BCUT2D eigenvalue weighted by molar-refractivity contribution is -0.139. The molecule has 1 aliphatic heterocycles. The number of likely N-dealkylation sites (N-methyl/N-ethyl adjacent to an activating group) is 1. The average molecular weight is 215 g/mol. The van der Waals surface area contributed by atoms with Crippen LogP contribution >= 0.6 is 0 Å². The fraction of sp³-hybridized carbons (Fsp3) is 0.778. The van der Waals surface area contributed by atoms with Crippen molar-refractivity contribution in [2.24, 2.45) is 11.5 Å². The van der Waals surface area contributed by atoms with Gasteiger partial charge in [-0.2, -0.15) is 0 Å². The third-order valence-electron chi connectivity index (χ3n) is 2.49. The van der Waals surface area contributed by atoms with Crippen molar-refractivity contribution in [2.45, 2.75) is 18.9 Å². The molecule has 1 fully saturated rings. The monoisotopic (exact) mass is 215 g/mol. The number of rotatable bonds is 4. The maximum Gasteiger partial charge on any atom is 0.245 e. The number of hydrogen-bond acceptors (Lipinski definition) is 4. The summed E-state index contributed by atoms with van der Waals surface area (Å²) in [6.45, 7) is 2.80. The number of primary amides is 1. The van der Waals surface area contributed by atoms with E-state index >= 15 is 0 Å². The number of carbonyl (C=O) groups excluding carboxylic acids is 2. The summed E-state index contributed by atoms with van der Waals surface area (Å²) in [6, 6.07) is 0. The standard InChI is InChI=1S/C9H17N3O3/c1-2-12(5-7(10)13)8(14)9(11)3-4-15-6-9/h2-6,11H2,1H3,(H2,10,13). The van der Waals surface area contributed by atoms with Crippen LogP contribution in [-0.4, -0.2) is 48.6 Å². The second kappa shape index (κ2) is 4.59. The first-order chi connectivity index (χ1) is 6.99. The van der Waals surface area contributed by atoms with Crippen molar-refractivity contribution < 1.29 is 14.3 Å². The molecule has 1 aliphatic rings. The minimum absolute atomic E-state index is 0.0890. The van der Waals surface area contributed by atoms with Crippen LogP contribution in [0.4, 0.5) is 0 Å². The van der Waals surface area contributed by atoms with E-state index in [1.807, 2.05) is 0 Å². The Kier molecular flexibility index (Phi) is 3.65. The zero-order valence-corrected chi connectivity index (χ0v) is 8.86. The fourth-order valence-corrected chi connectivity index (χ4v) is 1.58. The Hall–Kier alpha value is -1.14. The molecule has 15 heavy (non-hydrogen) atoms. The van der Waals surface area contributed by atoms with Gasteiger partial charge >= 0.3 is 0 Å².